The molecule has 3 heterocycles. The van der Waals surface area contributed by atoms with Crippen molar-refractivity contribution in [2.45, 2.75) is 59.4 Å². The average Bonchev–Trinajstić information content (AvgIpc) is 3.26. The number of amides is 3. The molecule has 2 fully saturated rings. The Balaban J connectivity index is 1.40. The van der Waals surface area contributed by atoms with E-state index in [9.17, 15) is 18.8 Å². The van der Waals surface area contributed by atoms with Crippen molar-refractivity contribution in [3.63, 3.8) is 0 Å². The number of likely N-dealkylation sites (tertiary alicyclic amines) is 2. The third-order valence-corrected chi connectivity index (χ3v) is 8.92. The zero-order chi connectivity index (χ0) is 28.1. The maximum atomic E-state index is 13.3. The van der Waals surface area contributed by atoms with Crippen LogP contribution >= 0.6 is 11.3 Å². The number of piperidine rings is 2. The maximum absolute atomic E-state index is 13.3. The lowest BCUT2D eigenvalue weighted by Crippen LogP contribution is -2.58. The van der Waals surface area contributed by atoms with Crippen LogP contribution in [-0.4, -0.2) is 71.3 Å². The second-order valence-corrected chi connectivity index (χ2v) is 12.3. The van der Waals surface area contributed by atoms with Crippen LogP contribution in [-0.2, 0) is 11.2 Å². The number of carbonyl (C=O) groups excluding carboxylic acids is 3. The molecule has 0 bridgehead atoms. The van der Waals surface area contributed by atoms with Crippen molar-refractivity contribution in [3.05, 3.63) is 46.2 Å². The summed E-state index contributed by atoms with van der Waals surface area (Å²) in [7, 11) is 0. The summed E-state index contributed by atoms with van der Waals surface area (Å²) >= 11 is 1.17. The van der Waals surface area contributed by atoms with Crippen LogP contribution in [0, 0.1) is 30.5 Å². The average molecular weight is 558 g/mol. The maximum Gasteiger partial charge on any atom is 0.321 e. The zero-order valence-corrected chi connectivity index (χ0v) is 24.2. The molecule has 212 valence electrons. The van der Waals surface area contributed by atoms with Crippen LogP contribution in [0.5, 0.6) is 0 Å². The molecule has 0 aliphatic carbocycles. The number of carbonyl (C=O) groups is 3. The zero-order valence-electron chi connectivity index (χ0n) is 23.3. The number of aryl methyl sites for hydroxylation is 1. The van der Waals surface area contributed by atoms with Gasteiger partial charge in [0.25, 0.3) is 0 Å². The second-order valence-electron chi connectivity index (χ2n) is 11.3. The molecule has 1 unspecified atom stereocenters. The minimum atomic E-state index is -0.375. The predicted molar refractivity (Wildman–Crippen MR) is 152 cm³/mol. The first-order chi connectivity index (χ1) is 18.6. The summed E-state index contributed by atoms with van der Waals surface area (Å²) in [6.45, 7) is 11.0. The van der Waals surface area contributed by atoms with Gasteiger partial charge in [-0.2, -0.15) is 0 Å². The number of nitrogens with one attached hydrogen (secondary N) is 2. The summed E-state index contributed by atoms with van der Waals surface area (Å²) in [4.78, 5) is 46.8. The van der Waals surface area contributed by atoms with E-state index >= 15 is 0 Å². The van der Waals surface area contributed by atoms with Crippen molar-refractivity contribution in [3.8, 4) is 0 Å². The molecule has 0 saturated carbocycles. The van der Waals surface area contributed by atoms with Crippen LogP contribution < -0.4 is 10.6 Å². The number of nitrogens with zero attached hydrogens (tertiary/aromatic N) is 3. The summed E-state index contributed by atoms with van der Waals surface area (Å²) < 4.78 is 13.3. The van der Waals surface area contributed by atoms with Gasteiger partial charge >= 0.3 is 6.03 Å². The number of benzene rings is 1. The van der Waals surface area contributed by atoms with Gasteiger partial charge in [0, 0.05) is 39.0 Å². The highest BCUT2D eigenvalue weighted by Crippen LogP contribution is 2.27. The lowest BCUT2D eigenvalue weighted by atomic mass is 9.87. The monoisotopic (exact) mass is 557 g/mol. The Kier molecular flexibility index (Phi) is 9.71. The van der Waals surface area contributed by atoms with E-state index in [1.165, 1.54) is 30.4 Å². The van der Waals surface area contributed by atoms with Gasteiger partial charge in [-0.1, -0.05) is 37.3 Å². The quantitative estimate of drug-likeness (QED) is 0.457. The Morgan fingerprint density at radius 1 is 1.13 bits per heavy atom. The largest absolute Gasteiger partial charge is 0.340 e. The Labute approximate surface area is 234 Å². The normalized spacial score (nSPS) is 22.1. The lowest BCUT2D eigenvalue weighted by molar-refractivity contribution is -0.136. The summed E-state index contributed by atoms with van der Waals surface area (Å²) in [6, 6.07) is 6.22. The first-order valence-electron chi connectivity index (χ1n) is 13.9. The summed E-state index contributed by atoms with van der Waals surface area (Å²) in [5, 5.41) is 6.30. The molecule has 2 aliphatic heterocycles. The Morgan fingerprint density at radius 2 is 1.87 bits per heavy atom. The van der Waals surface area contributed by atoms with Crippen molar-refractivity contribution < 1.29 is 18.8 Å². The van der Waals surface area contributed by atoms with Crippen LogP contribution in [0.4, 0.5) is 14.3 Å². The van der Waals surface area contributed by atoms with E-state index in [4.69, 9.17) is 0 Å². The topological polar surface area (TPSA) is 94.6 Å². The smallest absolute Gasteiger partial charge is 0.321 e. The summed E-state index contributed by atoms with van der Waals surface area (Å²) in [6.07, 6.45) is 4.00. The van der Waals surface area contributed by atoms with Crippen molar-refractivity contribution in [2.24, 2.45) is 17.8 Å². The molecule has 1 aromatic carbocycles. The molecule has 3 amide bonds. The van der Waals surface area contributed by atoms with Gasteiger partial charge in [-0.15, -0.1) is 0 Å². The molecule has 2 saturated heterocycles. The highest BCUT2D eigenvalue weighted by atomic mass is 32.1. The molecule has 1 aromatic heterocycles. The van der Waals surface area contributed by atoms with Crippen molar-refractivity contribution >= 4 is 34.2 Å². The summed E-state index contributed by atoms with van der Waals surface area (Å²) in [5.74, 6) is 0.409. The third kappa shape index (κ3) is 7.85. The Hall–Kier alpha value is -2.85. The Morgan fingerprint density at radius 3 is 2.54 bits per heavy atom. The van der Waals surface area contributed by atoms with Crippen LogP contribution in [0.3, 0.4) is 0 Å². The number of anilines is 1. The van der Waals surface area contributed by atoms with E-state index in [1.807, 2.05) is 30.9 Å². The van der Waals surface area contributed by atoms with Crippen molar-refractivity contribution in [1.29, 1.82) is 0 Å². The van der Waals surface area contributed by atoms with E-state index in [0.29, 0.717) is 34.7 Å². The number of urea groups is 1. The van der Waals surface area contributed by atoms with Crippen molar-refractivity contribution in [1.82, 2.24) is 20.1 Å². The predicted octanol–water partition coefficient (Wildman–Crippen LogP) is 4.74. The summed E-state index contributed by atoms with van der Waals surface area (Å²) in [5.41, 5.74) is 1.76. The molecule has 10 heteroatoms. The van der Waals surface area contributed by atoms with Gasteiger partial charge in [-0.25, -0.2) is 14.2 Å². The lowest BCUT2D eigenvalue weighted by Gasteiger charge is -2.43. The van der Waals surface area contributed by atoms with Crippen LogP contribution in [0.2, 0.25) is 0 Å². The number of hydrogen-bond acceptors (Lipinski definition) is 6. The molecule has 2 aliphatic rings. The van der Waals surface area contributed by atoms with Gasteiger partial charge in [0.05, 0.1) is 16.6 Å². The molecule has 0 spiro atoms. The Bertz CT molecular complexity index is 1170. The van der Waals surface area contributed by atoms with E-state index in [2.05, 4.69) is 20.5 Å². The van der Waals surface area contributed by atoms with Crippen LogP contribution in [0.1, 0.15) is 61.0 Å². The van der Waals surface area contributed by atoms with E-state index in [0.717, 1.165) is 50.9 Å². The van der Waals surface area contributed by atoms with Crippen LogP contribution in [0.25, 0.3) is 0 Å². The van der Waals surface area contributed by atoms with Gasteiger partial charge in [-0.3, -0.25) is 14.9 Å². The first kappa shape index (κ1) is 29.1. The molecule has 3 atom stereocenters. The fraction of sp³-hybridized carbons (Fsp3) is 0.586. The minimum Gasteiger partial charge on any atom is -0.340 e. The molecule has 39 heavy (non-hydrogen) atoms. The number of rotatable bonds is 8. The number of aromatic nitrogens is 1. The minimum absolute atomic E-state index is 0.0760. The first-order valence-corrected chi connectivity index (χ1v) is 14.7. The van der Waals surface area contributed by atoms with E-state index < -0.39 is 0 Å². The number of thiazole rings is 1. The van der Waals surface area contributed by atoms with Crippen LogP contribution in [0.15, 0.2) is 24.3 Å². The molecule has 2 N–H and O–H groups in total. The number of ketones is 1. The second kappa shape index (κ2) is 13.0. The number of Topliss-reactive ketones (excluding diaryl/α,β-unsaturated/α-hetero) is 1. The fourth-order valence-corrected chi connectivity index (χ4v) is 6.65. The van der Waals surface area contributed by atoms with E-state index in [1.54, 1.807) is 6.92 Å². The highest BCUT2D eigenvalue weighted by molar-refractivity contribution is 7.17. The number of halogens is 1. The highest BCUT2D eigenvalue weighted by Gasteiger charge is 2.35. The van der Waals surface area contributed by atoms with Gasteiger partial charge < -0.3 is 15.1 Å². The SMILES string of the molecule is CC(=O)c1sc(NC(=O)N[C@H]2CN(C(=O)C(C)C)CC[C@H]2CN2CCCC(Cc3ccc(F)cc3)C2)nc1C. The standard InChI is InChI=1S/C29H40FN5O3S/c1-18(2)27(37)35-13-11-23(16-34-12-5-6-22(15-34)14-21-7-9-24(30)10-8-21)25(17-35)32-28(38)33-29-31-19(3)26(39-29)20(4)36/h7-10,18,22-23,25H,5-6,11-17H2,1-4H3,(H2,31,32,33,38)/t22?,23-,25-/m0/s1. The molecule has 0 radical (unpaired) electrons. The molecule has 8 nitrogen and oxygen atoms in total. The van der Waals surface area contributed by atoms with E-state index in [-0.39, 0.29) is 41.4 Å². The molecule has 2 aromatic rings. The van der Waals surface area contributed by atoms with Gasteiger partial charge in [0.2, 0.25) is 5.91 Å². The third-order valence-electron chi connectivity index (χ3n) is 7.75. The van der Waals surface area contributed by atoms with Gasteiger partial charge in [0.1, 0.15) is 5.82 Å². The van der Waals surface area contributed by atoms with Gasteiger partial charge in [-0.05, 0) is 68.7 Å². The molecular formula is C29H40FN5O3S. The molecular weight excluding hydrogens is 517 g/mol. The van der Waals surface area contributed by atoms with Gasteiger partial charge in [0.15, 0.2) is 10.9 Å². The van der Waals surface area contributed by atoms with Crippen molar-refractivity contribution in [2.75, 3.05) is 38.0 Å². The number of hydrogen-bond donors (Lipinski definition) is 2. The fourth-order valence-electron chi connectivity index (χ4n) is 5.80. The molecule has 4 rings (SSSR count).